The van der Waals surface area contributed by atoms with Gasteiger partial charge in [-0.05, 0) is 42.0 Å². The van der Waals surface area contributed by atoms with E-state index in [1.54, 1.807) is 47.3 Å². The Balaban J connectivity index is 1.53. The number of aromatic nitrogens is 2. The number of methoxy groups -OCH3 is 1. The Kier molecular flexibility index (Phi) is 6.96. The summed E-state index contributed by atoms with van der Waals surface area (Å²) in [6.45, 7) is 0.292. The van der Waals surface area contributed by atoms with Crippen LogP contribution in [0.5, 0.6) is 0 Å². The van der Waals surface area contributed by atoms with Crippen molar-refractivity contribution < 1.29 is 19.2 Å². The Bertz CT molecular complexity index is 1350. The summed E-state index contributed by atoms with van der Waals surface area (Å²) in [5.41, 5.74) is 4.00. The highest BCUT2D eigenvalue weighted by Gasteiger charge is 2.17. The molecule has 1 N–H and O–H groups in total. The third kappa shape index (κ3) is 5.59. The first-order valence-corrected chi connectivity index (χ1v) is 10.8. The monoisotopic (exact) mass is 470 g/mol. The first kappa shape index (κ1) is 23.4. The number of carbonyl (C=O) groups is 2. The molecule has 0 saturated heterocycles. The van der Waals surface area contributed by atoms with Crippen LogP contribution in [-0.2, 0) is 22.5 Å². The Morgan fingerprint density at radius 3 is 2.31 bits per heavy atom. The zero-order valence-corrected chi connectivity index (χ0v) is 18.9. The molecule has 4 rings (SSSR count). The van der Waals surface area contributed by atoms with Gasteiger partial charge in [0.05, 0.1) is 35.4 Å². The molecule has 176 valence electrons. The van der Waals surface area contributed by atoms with Crippen LogP contribution in [0.3, 0.4) is 0 Å². The van der Waals surface area contributed by atoms with Gasteiger partial charge in [-0.25, -0.2) is 9.48 Å². The molecule has 0 atom stereocenters. The highest BCUT2D eigenvalue weighted by molar-refractivity contribution is 5.89. The van der Waals surface area contributed by atoms with Gasteiger partial charge in [-0.15, -0.1) is 0 Å². The molecule has 9 heteroatoms. The van der Waals surface area contributed by atoms with Gasteiger partial charge >= 0.3 is 5.97 Å². The second-order valence-corrected chi connectivity index (χ2v) is 7.73. The van der Waals surface area contributed by atoms with Crippen molar-refractivity contribution >= 4 is 17.6 Å². The number of hydrogen-bond donors (Lipinski definition) is 1. The van der Waals surface area contributed by atoms with E-state index in [1.807, 2.05) is 30.3 Å². The summed E-state index contributed by atoms with van der Waals surface area (Å²) < 4.78 is 6.38. The molecule has 3 aromatic carbocycles. The fourth-order valence-electron chi connectivity index (χ4n) is 3.55. The van der Waals surface area contributed by atoms with Gasteiger partial charge in [0.25, 0.3) is 5.69 Å². The normalized spacial score (nSPS) is 10.5. The van der Waals surface area contributed by atoms with Gasteiger partial charge in [-0.2, -0.15) is 5.10 Å². The summed E-state index contributed by atoms with van der Waals surface area (Å²) in [6.07, 6.45) is 1.86. The molecule has 0 unspecified atom stereocenters. The van der Waals surface area contributed by atoms with E-state index in [0.717, 1.165) is 11.3 Å². The van der Waals surface area contributed by atoms with Crippen LogP contribution >= 0.6 is 0 Å². The summed E-state index contributed by atoms with van der Waals surface area (Å²) in [5.74, 6) is -0.632. The molecule has 4 aromatic rings. The standard InChI is InChI=1S/C26H22N4O5/c1-35-26(32)20-9-7-18(8-10-20)16-27-24(31)15-21-17-29(22-5-3-2-4-6-22)28-25(21)19-11-13-23(14-12-19)30(33)34/h2-14,17H,15-16H2,1H3,(H,27,31). The van der Waals surface area contributed by atoms with E-state index in [1.165, 1.54) is 19.2 Å². The molecule has 0 fully saturated rings. The fourth-order valence-corrected chi connectivity index (χ4v) is 3.55. The number of non-ortho nitro benzene ring substituents is 1. The van der Waals surface area contributed by atoms with Gasteiger partial charge < -0.3 is 10.1 Å². The van der Waals surface area contributed by atoms with E-state index >= 15 is 0 Å². The largest absolute Gasteiger partial charge is 0.465 e. The Hall–Kier alpha value is -4.79. The highest BCUT2D eigenvalue weighted by atomic mass is 16.6. The predicted octanol–water partition coefficient (Wildman–Crippen LogP) is 4.09. The molecular weight excluding hydrogens is 448 g/mol. The number of para-hydroxylation sites is 1. The van der Waals surface area contributed by atoms with Crippen molar-refractivity contribution in [2.24, 2.45) is 0 Å². The van der Waals surface area contributed by atoms with E-state index in [2.05, 4.69) is 10.4 Å². The van der Waals surface area contributed by atoms with Gasteiger partial charge in [-0.1, -0.05) is 30.3 Å². The first-order chi connectivity index (χ1) is 16.9. The second-order valence-electron chi connectivity index (χ2n) is 7.73. The van der Waals surface area contributed by atoms with Crippen molar-refractivity contribution in [1.82, 2.24) is 15.1 Å². The maximum absolute atomic E-state index is 12.8. The molecule has 0 spiro atoms. The van der Waals surface area contributed by atoms with Crippen LogP contribution in [0.15, 0.2) is 85.1 Å². The number of carbonyl (C=O) groups excluding carboxylic acids is 2. The molecule has 1 aromatic heterocycles. The summed E-state index contributed by atoms with van der Waals surface area (Å²) in [5, 5.41) is 18.6. The van der Waals surface area contributed by atoms with Crippen LogP contribution in [-0.4, -0.2) is 33.7 Å². The molecule has 0 radical (unpaired) electrons. The van der Waals surface area contributed by atoms with Crippen LogP contribution in [0.4, 0.5) is 5.69 Å². The van der Waals surface area contributed by atoms with E-state index in [4.69, 9.17) is 4.74 Å². The third-order valence-corrected chi connectivity index (χ3v) is 5.38. The average molecular weight is 470 g/mol. The van der Waals surface area contributed by atoms with Crippen molar-refractivity contribution in [3.05, 3.63) is 112 Å². The number of nitrogens with one attached hydrogen (secondary N) is 1. The Labute approximate surface area is 201 Å². The lowest BCUT2D eigenvalue weighted by Gasteiger charge is -2.07. The number of hydrogen-bond acceptors (Lipinski definition) is 6. The molecule has 1 heterocycles. The lowest BCUT2D eigenvalue weighted by Crippen LogP contribution is -2.24. The minimum Gasteiger partial charge on any atom is -0.465 e. The quantitative estimate of drug-likeness (QED) is 0.236. The number of benzene rings is 3. The molecule has 0 aliphatic rings. The third-order valence-electron chi connectivity index (χ3n) is 5.38. The van der Waals surface area contributed by atoms with Gasteiger partial charge in [0.1, 0.15) is 0 Å². The predicted molar refractivity (Wildman–Crippen MR) is 129 cm³/mol. The Morgan fingerprint density at radius 2 is 1.69 bits per heavy atom. The average Bonchev–Trinajstić information content (AvgIpc) is 3.31. The smallest absolute Gasteiger partial charge is 0.337 e. The van der Waals surface area contributed by atoms with Gasteiger partial charge in [0.15, 0.2) is 0 Å². The molecule has 35 heavy (non-hydrogen) atoms. The molecule has 0 aliphatic carbocycles. The van der Waals surface area contributed by atoms with E-state index < -0.39 is 10.9 Å². The molecule has 1 amide bonds. The van der Waals surface area contributed by atoms with Crippen LogP contribution in [0.1, 0.15) is 21.5 Å². The summed E-state index contributed by atoms with van der Waals surface area (Å²) in [6, 6.07) is 22.3. The molecular formula is C26H22N4O5. The number of esters is 1. The van der Waals surface area contributed by atoms with Crippen molar-refractivity contribution in [3.63, 3.8) is 0 Å². The van der Waals surface area contributed by atoms with Crippen LogP contribution in [0.25, 0.3) is 16.9 Å². The number of amides is 1. The van der Waals surface area contributed by atoms with Crippen molar-refractivity contribution in [2.75, 3.05) is 7.11 Å². The molecule has 0 aliphatic heterocycles. The minimum atomic E-state index is -0.460. The lowest BCUT2D eigenvalue weighted by molar-refractivity contribution is -0.384. The zero-order chi connectivity index (χ0) is 24.8. The SMILES string of the molecule is COC(=O)c1ccc(CNC(=O)Cc2cn(-c3ccccc3)nc2-c2ccc([N+](=O)[O-])cc2)cc1. The maximum atomic E-state index is 12.8. The number of rotatable bonds is 8. The van der Waals surface area contributed by atoms with Gasteiger partial charge in [0.2, 0.25) is 5.91 Å². The van der Waals surface area contributed by atoms with Gasteiger partial charge in [0, 0.05) is 36.0 Å². The number of nitro groups is 1. The minimum absolute atomic E-state index is 0.0197. The number of nitrogens with zero attached hydrogens (tertiary/aromatic N) is 3. The number of ether oxygens (including phenoxy) is 1. The molecule has 9 nitrogen and oxygen atoms in total. The van der Waals surface area contributed by atoms with Gasteiger partial charge in [-0.3, -0.25) is 14.9 Å². The summed E-state index contributed by atoms with van der Waals surface area (Å²) in [7, 11) is 1.32. The van der Waals surface area contributed by atoms with Crippen molar-refractivity contribution in [3.8, 4) is 16.9 Å². The topological polar surface area (TPSA) is 116 Å². The van der Waals surface area contributed by atoms with Crippen LogP contribution in [0, 0.1) is 10.1 Å². The first-order valence-electron chi connectivity index (χ1n) is 10.8. The van der Waals surface area contributed by atoms with E-state index in [0.29, 0.717) is 28.9 Å². The molecule has 0 bridgehead atoms. The van der Waals surface area contributed by atoms with Crippen LogP contribution < -0.4 is 5.32 Å². The lowest BCUT2D eigenvalue weighted by atomic mass is 10.1. The van der Waals surface area contributed by atoms with Crippen molar-refractivity contribution in [2.45, 2.75) is 13.0 Å². The zero-order valence-electron chi connectivity index (χ0n) is 18.9. The van der Waals surface area contributed by atoms with Crippen molar-refractivity contribution in [1.29, 1.82) is 0 Å². The summed E-state index contributed by atoms with van der Waals surface area (Å²) in [4.78, 5) is 34.9. The molecule has 0 saturated carbocycles. The van der Waals surface area contributed by atoms with E-state index in [-0.39, 0.29) is 18.0 Å². The summed E-state index contributed by atoms with van der Waals surface area (Å²) >= 11 is 0. The Morgan fingerprint density at radius 1 is 1.00 bits per heavy atom. The van der Waals surface area contributed by atoms with Crippen LogP contribution in [0.2, 0.25) is 0 Å². The van der Waals surface area contributed by atoms with E-state index in [9.17, 15) is 19.7 Å². The fraction of sp³-hybridized carbons (Fsp3) is 0.115. The highest BCUT2D eigenvalue weighted by Crippen LogP contribution is 2.26. The number of nitro benzene ring substituents is 1. The second kappa shape index (κ2) is 10.4. The maximum Gasteiger partial charge on any atom is 0.337 e.